The van der Waals surface area contributed by atoms with Crippen LogP contribution in [0.2, 0.25) is 0 Å². The zero-order valence-corrected chi connectivity index (χ0v) is 15.0. The van der Waals surface area contributed by atoms with E-state index < -0.39 is 0 Å². The molecule has 2 N–H and O–H groups in total. The zero-order chi connectivity index (χ0) is 18.7. The number of nitrogens with zero attached hydrogens (tertiary/aromatic N) is 2. The molecular formula is C21H24FN3O. The first kappa shape index (κ1) is 18.0. The summed E-state index contributed by atoms with van der Waals surface area (Å²) < 4.78 is 13.4. The fourth-order valence-corrected chi connectivity index (χ4v) is 3.40. The molecule has 0 radical (unpaired) electrons. The molecule has 1 atom stereocenters. The highest BCUT2D eigenvalue weighted by molar-refractivity contribution is 5.76. The molecular weight excluding hydrogens is 329 g/mol. The molecule has 1 aliphatic rings. The van der Waals surface area contributed by atoms with E-state index in [4.69, 9.17) is 5.73 Å². The molecule has 0 bridgehead atoms. The lowest BCUT2D eigenvalue weighted by atomic mass is 9.88. The van der Waals surface area contributed by atoms with Crippen LogP contribution in [0.3, 0.4) is 0 Å². The number of hydrogen-bond acceptors (Lipinski definition) is 2. The minimum Gasteiger partial charge on any atom is -0.402 e. The highest BCUT2D eigenvalue weighted by Gasteiger charge is 2.33. The summed E-state index contributed by atoms with van der Waals surface area (Å²) in [4.78, 5) is 16.6. The van der Waals surface area contributed by atoms with Crippen LogP contribution in [0.1, 0.15) is 29.2 Å². The van der Waals surface area contributed by atoms with Gasteiger partial charge in [-0.15, -0.1) is 0 Å². The van der Waals surface area contributed by atoms with Gasteiger partial charge in [-0.1, -0.05) is 43.0 Å². The van der Waals surface area contributed by atoms with Gasteiger partial charge >= 0.3 is 6.03 Å². The van der Waals surface area contributed by atoms with Crippen molar-refractivity contribution in [3.8, 4) is 0 Å². The van der Waals surface area contributed by atoms with Gasteiger partial charge in [-0.3, -0.25) is 0 Å². The van der Waals surface area contributed by atoms with Crippen molar-refractivity contribution in [2.75, 3.05) is 20.1 Å². The molecule has 3 rings (SSSR count). The molecule has 0 fully saturated rings. The molecule has 0 saturated carbocycles. The second kappa shape index (κ2) is 7.60. The normalized spacial score (nSPS) is 16.1. The van der Waals surface area contributed by atoms with Crippen molar-refractivity contribution >= 4 is 6.03 Å². The van der Waals surface area contributed by atoms with Crippen LogP contribution in [0.5, 0.6) is 0 Å². The van der Waals surface area contributed by atoms with Gasteiger partial charge in [0, 0.05) is 32.3 Å². The van der Waals surface area contributed by atoms with E-state index in [1.807, 2.05) is 23.1 Å². The van der Waals surface area contributed by atoms with Gasteiger partial charge in [-0.25, -0.2) is 9.18 Å². The van der Waals surface area contributed by atoms with Crippen LogP contribution in [0, 0.1) is 5.82 Å². The third-order valence-electron chi connectivity index (χ3n) is 4.81. The van der Waals surface area contributed by atoms with Gasteiger partial charge in [0.1, 0.15) is 5.82 Å². The maximum atomic E-state index is 13.4. The smallest absolute Gasteiger partial charge is 0.320 e. The molecule has 5 heteroatoms. The Bertz CT molecular complexity index is 803. The first-order chi connectivity index (χ1) is 12.5. The van der Waals surface area contributed by atoms with Gasteiger partial charge in [-0.05, 0) is 35.2 Å². The molecule has 136 valence electrons. The molecule has 2 aromatic carbocycles. The molecule has 0 unspecified atom stereocenters. The van der Waals surface area contributed by atoms with Gasteiger partial charge in [0.05, 0.1) is 6.04 Å². The molecule has 0 aliphatic carbocycles. The van der Waals surface area contributed by atoms with Crippen LogP contribution in [0.15, 0.2) is 60.8 Å². The van der Waals surface area contributed by atoms with Crippen molar-refractivity contribution in [2.24, 2.45) is 5.73 Å². The second-order valence-electron chi connectivity index (χ2n) is 6.71. The van der Waals surface area contributed by atoms with E-state index in [2.05, 4.69) is 12.6 Å². The van der Waals surface area contributed by atoms with Crippen LogP contribution in [0.25, 0.3) is 0 Å². The van der Waals surface area contributed by atoms with Gasteiger partial charge in [-0.2, -0.15) is 0 Å². The number of rotatable bonds is 4. The van der Waals surface area contributed by atoms with Crippen LogP contribution < -0.4 is 5.73 Å². The van der Waals surface area contributed by atoms with E-state index in [1.165, 1.54) is 17.7 Å². The van der Waals surface area contributed by atoms with Gasteiger partial charge < -0.3 is 15.5 Å². The quantitative estimate of drug-likeness (QED) is 0.911. The Hall–Kier alpha value is -2.82. The molecule has 26 heavy (non-hydrogen) atoms. The summed E-state index contributed by atoms with van der Waals surface area (Å²) in [6.45, 7) is 4.82. The number of amides is 2. The van der Waals surface area contributed by atoms with Gasteiger partial charge in [0.25, 0.3) is 0 Å². The predicted molar refractivity (Wildman–Crippen MR) is 101 cm³/mol. The summed E-state index contributed by atoms with van der Waals surface area (Å²) in [6.07, 6.45) is 1.37. The third kappa shape index (κ3) is 3.72. The van der Waals surface area contributed by atoms with Crippen LogP contribution >= 0.6 is 0 Å². The SMILES string of the molecule is C=C(N)CCN(C)C(=O)N1CCc2ccccc2[C@@H]1c1ccc(F)cc1. The standard InChI is InChI=1S/C21H24FN3O/c1-15(23)11-13-24(2)21(26)25-14-12-16-5-3-4-6-19(16)20(25)17-7-9-18(22)10-8-17/h3-10,20H,1,11-14,23H2,2H3/t20-/m0/s1. The summed E-state index contributed by atoms with van der Waals surface area (Å²) in [5, 5.41) is 0. The number of benzene rings is 2. The molecule has 0 aromatic heterocycles. The zero-order valence-electron chi connectivity index (χ0n) is 15.0. The Labute approximate surface area is 153 Å². The topological polar surface area (TPSA) is 49.6 Å². The molecule has 2 aromatic rings. The predicted octanol–water partition coefficient (Wildman–Crippen LogP) is 3.69. The van der Waals surface area contributed by atoms with Crippen LogP contribution in [-0.2, 0) is 6.42 Å². The summed E-state index contributed by atoms with van der Waals surface area (Å²) in [5.74, 6) is -0.283. The summed E-state index contributed by atoms with van der Waals surface area (Å²) in [6, 6.07) is 14.2. The van der Waals surface area contributed by atoms with Crippen molar-refractivity contribution in [3.63, 3.8) is 0 Å². The second-order valence-corrected chi connectivity index (χ2v) is 6.71. The lowest BCUT2D eigenvalue weighted by Crippen LogP contribution is -2.47. The number of urea groups is 1. The molecule has 4 nitrogen and oxygen atoms in total. The lowest BCUT2D eigenvalue weighted by Gasteiger charge is -2.39. The molecule has 1 aliphatic heterocycles. The number of hydrogen-bond donors (Lipinski definition) is 1. The van der Waals surface area contributed by atoms with Crippen molar-refractivity contribution in [2.45, 2.75) is 18.9 Å². The van der Waals surface area contributed by atoms with E-state index in [0.29, 0.717) is 25.2 Å². The number of halogens is 1. The highest BCUT2D eigenvalue weighted by atomic mass is 19.1. The van der Waals surface area contributed by atoms with E-state index in [0.717, 1.165) is 17.5 Å². The monoisotopic (exact) mass is 353 g/mol. The highest BCUT2D eigenvalue weighted by Crippen LogP contribution is 2.35. The first-order valence-corrected chi connectivity index (χ1v) is 8.75. The fraction of sp³-hybridized carbons (Fsp3) is 0.286. The van der Waals surface area contributed by atoms with Crippen LogP contribution in [-0.4, -0.2) is 36.0 Å². The number of fused-ring (bicyclic) bond motifs is 1. The van der Waals surface area contributed by atoms with Gasteiger partial charge in [0.15, 0.2) is 0 Å². The summed E-state index contributed by atoms with van der Waals surface area (Å²) >= 11 is 0. The number of nitrogens with two attached hydrogens (primary N) is 1. The third-order valence-corrected chi connectivity index (χ3v) is 4.81. The average molecular weight is 353 g/mol. The molecule has 1 heterocycles. The maximum Gasteiger partial charge on any atom is 0.320 e. The first-order valence-electron chi connectivity index (χ1n) is 8.75. The van der Waals surface area contributed by atoms with Crippen molar-refractivity contribution in [1.29, 1.82) is 0 Å². The van der Waals surface area contributed by atoms with E-state index >= 15 is 0 Å². The van der Waals surface area contributed by atoms with Crippen molar-refractivity contribution in [1.82, 2.24) is 9.80 Å². The maximum absolute atomic E-state index is 13.4. The number of carbonyl (C=O) groups excluding carboxylic acids is 1. The number of carbonyl (C=O) groups is 1. The van der Waals surface area contributed by atoms with Gasteiger partial charge in [0.2, 0.25) is 0 Å². The largest absolute Gasteiger partial charge is 0.402 e. The molecule has 0 spiro atoms. The minimum atomic E-state index is -0.283. The lowest BCUT2D eigenvalue weighted by molar-refractivity contribution is 0.147. The fourth-order valence-electron chi connectivity index (χ4n) is 3.40. The average Bonchev–Trinajstić information content (AvgIpc) is 2.65. The van der Waals surface area contributed by atoms with E-state index in [1.54, 1.807) is 24.1 Å². The molecule has 0 saturated heterocycles. The van der Waals surface area contributed by atoms with E-state index in [-0.39, 0.29) is 17.9 Å². The summed E-state index contributed by atoms with van der Waals surface area (Å²) in [7, 11) is 1.77. The summed E-state index contributed by atoms with van der Waals surface area (Å²) in [5.41, 5.74) is 9.42. The van der Waals surface area contributed by atoms with Crippen LogP contribution in [0.4, 0.5) is 9.18 Å². The minimum absolute atomic E-state index is 0.0601. The van der Waals surface area contributed by atoms with Crippen molar-refractivity contribution < 1.29 is 9.18 Å². The Morgan fingerprint density at radius 1 is 1.27 bits per heavy atom. The Kier molecular flexibility index (Phi) is 5.26. The molecule has 2 amide bonds. The van der Waals surface area contributed by atoms with E-state index in [9.17, 15) is 9.18 Å². The Morgan fingerprint density at radius 2 is 1.96 bits per heavy atom. The Morgan fingerprint density at radius 3 is 2.65 bits per heavy atom. The van der Waals surface area contributed by atoms with Crippen molar-refractivity contribution in [3.05, 3.63) is 83.3 Å². The Balaban J connectivity index is 1.94.